The van der Waals surface area contributed by atoms with E-state index in [0.717, 1.165) is 19.3 Å². The molecule has 130 valence electrons. The predicted octanol–water partition coefficient (Wildman–Crippen LogP) is 5.43. The van der Waals surface area contributed by atoms with Crippen molar-refractivity contribution in [1.82, 2.24) is 0 Å². The quantitative estimate of drug-likeness (QED) is 0.274. The van der Waals surface area contributed by atoms with Gasteiger partial charge in [-0.15, -0.1) is 0 Å². The Morgan fingerprint density at radius 2 is 1.55 bits per heavy atom. The number of esters is 1. The van der Waals surface area contributed by atoms with E-state index in [4.69, 9.17) is 4.74 Å². The van der Waals surface area contributed by atoms with Gasteiger partial charge in [0.15, 0.2) is 0 Å². The highest BCUT2D eigenvalue weighted by molar-refractivity contribution is 5.81. The molecule has 0 aromatic heterocycles. The Kier molecular flexibility index (Phi) is 12.2. The van der Waals surface area contributed by atoms with Crippen molar-refractivity contribution in [2.24, 2.45) is 0 Å². The molecular weight excluding hydrogens is 276 g/mol. The predicted molar refractivity (Wildman–Crippen MR) is 93.0 cm³/mol. The summed E-state index contributed by atoms with van der Waals surface area (Å²) < 4.78 is 10.4. The van der Waals surface area contributed by atoms with Crippen LogP contribution in [0.3, 0.4) is 0 Å². The molecule has 1 unspecified atom stereocenters. The van der Waals surface area contributed by atoms with Crippen LogP contribution in [0.25, 0.3) is 0 Å². The molecule has 0 aliphatic heterocycles. The molecule has 0 N–H and O–H groups in total. The van der Waals surface area contributed by atoms with E-state index in [1.165, 1.54) is 51.7 Å². The topological polar surface area (TPSA) is 35.5 Å². The third kappa shape index (κ3) is 15.6. The maximum Gasteiger partial charge on any atom is 0.330 e. The summed E-state index contributed by atoms with van der Waals surface area (Å²) in [5, 5.41) is 0. The van der Waals surface area contributed by atoms with Gasteiger partial charge in [0.25, 0.3) is 0 Å². The highest BCUT2D eigenvalue weighted by Gasteiger charge is 2.14. The first kappa shape index (κ1) is 21.2. The molecule has 22 heavy (non-hydrogen) atoms. The van der Waals surface area contributed by atoms with Crippen LogP contribution in [0.2, 0.25) is 0 Å². The summed E-state index contributed by atoms with van der Waals surface area (Å²) in [4.78, 5) is 10.9. The second-order valence-electron chi connectivity index (χ2n) is 7.02. The van der Waals surface area contributed by atoms with E-state index in [0.29, 0.717) is 6.10 Å². The molecule has 0 saturated heterocycles. The zero-order valence-corrected chi connectivity index (χ0v) is 15.3. The first-order chi connectivity index (χ1) is 10.3. The molecule has 0 aromatic carbocycles. The Labute approximate surface area is 137 Å². The number of hydrogen-bond donors (Lipinski definition) is 0. The Balaban J connectivity index is 3.30. The molecule has 0 aromatic rings. The first-order valence-electron chi connectivity index (χ1n) is 8.77. The number of carbonyl (C=O) groups is 1. The van der Waals surface area contributed by atoms with Crippen LogP contribution in [-0.4, -0.2) is 24.8 Å². The van der Waals surface area contributed by atoms with Gasteiger partial charge < -0.3 is 9.47 Å². The van der Waals surface area contributed by atoms with Crippen LogP contribution < -0.4 is 0 Å². The van der Waals surface area contributed by atoms with Crippen LogP contribution in [0.4, 0.5) is 0 Å². The summed E-state index contributed by atoms with van der Waals surface area (Å²) in [6.45, 7) is 8.52. The zero-order chi connectivity index (χ0) is 16.8. The molecule has 3 nitrogen and oxygen atoms in total. The van der Waals surface area contributed by atoms with Crippen LogP contribution >= 0.6 is 0 Å². The number of methoxy groups -OCH3 is 1. The first-order valence-corrected chi connectivity index (χ1v) is 8.77. The fraction of sp³-hybridized carbons (Fsp3) is 0.842. The second-order valence-corrected chi connectivity index (χ2v) is 7.02. The lowest BCUT2D eigenvalue weighted by atomic mass is 10.1. The Morgan fingerprint density at radius 3 is 2.09 bits per heavy atom. The van der Waals surface area contributed by atoms with Crippen molar-refractivity contribution < 1.29 is 14.3 Å². The Bertz CT molecular complexity index is 302. The van der Waals surface area contributed by atoms with Gasteiger partial charge in [0.05, 0.1) is 18.8 Å². The summed E-state index contributed by atoms with van der Waals surface area (Å²) in [5.41, 5.74) is -0.0261. The molecule has 1 atom stereocenters. The average Bonchev–Trinajstić information content (AvgIpc) is 2.42. The fourth-order valence-electron chi connectivity index (χ4n) is 2.49. The molecule has 0 spiro atoms. The minimum Gasteiger partial charge on any atom is -0.466 e. The van der Waals surface area contributed by atoms with Crippen LogP contribution in [-0.2, 0) is 14.3 Å². The van der Waals surface area contributed by atoms with Crippen LogP contribution in [0.5, 0.6) is 0 Å². The summed E-state index contributed by atoms with van der Waals surface area (Å²) in [6.07, 6.45) is 14.8. The standard InChI is InChI=1S/C19H36O3/c1-17(22-19(2,3)4)15-13-11-9-7-6-8-10-12-14-16-18(20)21-5/h14,16-17H,6-13,15H2,1-5H3/b16-14+. The third-order valence-electron chi connectivity index (χ3n) is 3.49. The number of unbranched alkanes of at least 4 members (excludes halogenated alkanes) is 7. The summed E-state index contributed by atoms with van der Waals surface area (Å²) >= 11 is 0. The molecule has 0 saturated carbocycles. The lowest BCUT2D eigenvalue weighted by molar-refractivity contribution is -0.134. The van der Waals surface area contributed by atoms with Crippen molar-refractivity contribution in [1.29, 1.82) is 0 Å². The molecule has 0 radical (unpaired) electrons. The van der Waals surface area contributed by atoms with Gasteiger partial charge in [-0.3, -0.25) is 0 Å². The van der Waals surface area contributed by atoms with Gasteiger partial charge in [0, 0.05) is 6.08 Å². The maximum atomic E-state index is 10.9. The number of rotatable bonds is 12. The Hall–Kier alpha value is -0.830. The van der Waals surface area contributed by atoms with Gasteiger partial charge in [-0.1, -0.05) is 44.6 Å². The maximum absolute atomic E-state index is 10.9. The minimum atomic E-state index is -0.260. The van der Waals surface area contributed by atoms with Gasteiger partial charge >= 0.3 is 5.97 Å². The van der Waals surface area contributed by atoms with E-state index >= 15 is 0 Å². The van der Waals surface area contributed by atoms with Gasteiger partial charge in [-0.05, 0) is 47.0 Å². The largest absolute Gasteiger partial charge is 0.466 e. The number of allylic oxidation sites excluding steroid dienone is 1. The minimum absolute atomic E-state index is 0.0261. The molecule has 0 rings (SSSR count). The van der Waals surface area contributed by atoms with E-state index in [-0.39, 0.29) is 11.6 Å². The van der Waals surface area contributed by atoms with Crippen molar-refractivity contribution in [2.75, 3.05) is 7.11 Å². The van der Waals surface area contributed by atoms with E-state index in [1.807, 2.05) is 6.08 Å². The molecule has 0 bridgehead atoms. The van der Waals surface area contributed by atoms with Crippen LogP contribution in [0.15, 0.2) is 12.2 Å². The highest BCUT2D eigenvalue weighted by Crippen LogP contribution is 2.16. The van der Waals surface area contributed by atoms with Crippen LogP contribution in [0.1, 0.15) is 85.5 Å². The number of hydrogen-bond acceptors (Lipinski definition) is 3. The smallest absolute Gasteiger partial charge is 0.330 e. The van der Waals surface area contributed by atoms with E-state index in [1.54, 1.807) is 0 Å². The SMILES string of the molecule is COC(=O)/C=C/CCCCCCCCCC(C)OC(C)(C)C. The number of carbonyl (C=O) groups excluding carboxylic acids is 1. The average molecular weight is 312 g/mol. The van der Waals surface area contributed by atoms with Gasteiger partial charge in [0.1, 0.15) is 0 Å². The van der Waals surface area contributed by atoms with E-state index in [9.17, 15) is 4.79 Å². The molecule has 0 aliphatic rings. The lowest BCUT2D eigenvalue weighted by Gasteiger charge is -2.25. The number of ether oxygens (including phenoxy) is 2. The van der Waals surface area contributed by atoms with Crippen LogP contribution in [0, 0.1) is 0 Å². The Morgan fingerprint density at radius 1 is 1.00 bits per heavy atom. The van der Waals surface area contributed by atoms with Crippen molar-refractivity contribution in [3.63, 3.8) is 0 Å². The monoisotopic (exact) mass is 312 g/mol. The van der Waals surface area contributed by atoms with Crippen molar-refractivity contribution in [2.45, 2.75) is 97.2 Å². The molecule has 3 heteroatoms. The molecular formula is C19H36O3. The van der Waals surface area contributed by atoms with Gasteiger partial charge in [-0.2, -0.15) is 0 Å². The second kappa shape index (κ2) is 12.7. The molecule has 0 aliphatic carbocycles. The summed E-state index contributed by atoms with van der Waals surface area (Å²) in [7, 11) is 1.41. The van der Waals surface area contributed by atoms with Gasteiger partial charge in [-0.25, -0.2) is 4.79 Å². The van der Waals surface area contributed by atoms with Crippen molar-refractivity contribution >= 4 is 5.97 Å². The zero-order valence-electron chi connectivity index (χ0n) is 15.3. The highest BCUT2D eigenvalue weighted by atomic mass is 16.5. The molecule has 0 fully saturated rings. The summed E-state index contributed by atoms with van der Waals surface area (Å²) in [5.74, 6) is -0.260. The molecule has 0 amide bonds. The molecule has 0 heterocycles. The van der Waals surface area contributed by atoms with E-state index in [2.05, 4.69) is 32.4 Å². The van der Waals surface area contributed by atoms with Crippen molar-refractivity contribution in [3.05, 3.63) is 12.2 Å². The fourth-order valence-corrected chi connectivity index (χ4v) is 2.49. The normalized spacial score (nSPS) is 13.5. The lowest BCUT2D eigenvalue weighted by Crippen LogP contribution is -2.25. The third-order valence-corrected chi connectivity index (χ3v) is 3.49. The van der Waals surface area contributed by atoms with Gasteiger partial charge in [0.2, 0.25) is 0 Å². The van der Waals surface area contributed by atoms with E-state index < -0.39 is 0 Å². The summed E-state index contributed by atoms with van der Waals surface area (Å²) in [6, 6.07) is 0. The van der Waals surface area contributed by atoms with Crippen molar-refractivity contribution in [3.8, 4) is 0 Å².